The average molecular weight is 496 g/mol. The van der Waals surface area contributed by atoms with Gasteiger partial charge < -0.3 is 14.0 Å². The van der Waals surface area contributed by atoms with Gasteiger partial charge >= 0.3 is 0 Å². The van der Waals surface area contributed by atoms with Gasteiger partial charge in [0.25, 0.3) is 0 Å². The maximum absolute atomic E-state index is 12.4. The van der Waals surface area contributed by atoms with E-state index in [2.05, 4.69) is 15.1 Å². The van der Waals surface area contributed by atoms with Crippen LogP contribution in [0.15, 0.2) is 72.0 Å². The summed E-state index contributed by atoms with van der Waals surface area (Å²) in [4.78, 5) is 12.4. The molecular weight excluding hydrogens is 473 g/mol. The van der Waals surface area contributed by atoms with Crippen LogP contribution in [0.1, 0.15) is 16.7 Å². The second-order valence-corrected chi connectivity index (χ2v) is 8.45. The molecule has 8 heteroatoms. The molecule has 0 spiro atoms. The molecule has 6 nitrogen and oxygen atoms in total. The fourth-order valence-electron chi connectivity index (χ4n) is 3.73. The minimum atomic E-state index is -0.233. The van der Waals surface area contributed by atoms with Gasteiger partial charge in [-0.3, -0.25) is 4.79 Å². The molecule has 174 valence electrons. The lowest BCUT2D eigenvalue weighted by molar-refractivity contribution is -0.120. The van der Waals surface area contributed by atoms with Gasteiger partial charge in [0.05, 0.1) is 36.9 Å². The van der Waals surface area contributed by atoms with E-state index in [1.54, 1.807) is 38.6 Å². The standard InChI is InChI=1S/C26H23Cl2N3O3/c1-33-24-10-8-17(12-25(24)34-2)13-26(32)30-29-14-19-16-31(23-6-4-3-5-20(19)23)15-18-7-9-21(27)22(28)11-18/h3-12,14,16H,13,15H2,1-2H3,(H,30,32)/b29-14-. The van der Waals surface area contributed by atoms with E-state index < -0.39 is 0 Å². The largest absolute Gasteiger partial charge is 0.493 e. The Kier molecular flexibility index (Phi) is 7.40. The Morgan fingerprint density at radius 3 is 2.50 bits per heavy atom. The molecule has 0 unspecified atom stereocenters. The second kappa shape index (κ2) is 10.6. The van der Waals surface area contributed by atoms with Crippen LogP contribution >= 0.6 is 23.2 Å². The van der Waals surface area contributed by atoms with Crippen molar-refractivity contribution in [3.8, 4) is 11.5 Å². The molecule has 4 aromatic rings. The zero-order valence-electron chi connectivity index (χ0n) is 18.7. The first-order valence-electron chi connectivity index (χ1n) is 10.5. The van der Waals surface area contributed by atoms with E-state index in [0.717, 1.165) is 27.6 Å². The smallest absolute Gasteiger partial charge is 0.244 e. The van der Waals surface area contributed by atoms with E-state index in [4.69, 9.17) is 32.7 Å². The van der Waals surface area contributed by atoms with Crippen molar-refractivity contribution in [1.82, 2.24) is 9.99 Å². The van der Waals surface area contributed by atoms with Crippen molar-refractivity contribution in [3.05, 3.63) is 93.6 Å². The zero-order chi connectivity index (χ0) is 24.1. The van der Waals surface area contributed by atoms with Gasteiger partial charge in [0, 0.05) is 29.2 Å². The summed E-state index contributed by atoms with van der Waals surface area (Å²) in [5.41, 5.74) is 6.36. The van der Waals surface area contributed by atoms with Crippen LogP contribution in [-0.2, 0) is 17.8 Å². The van der Waals surface area contributed by atoms with Crippen molar-refractivity contribution in [2.45, 2.75) is 13.0 Å². The number of carbonyl (C=O) groups excluding carboxylic acids is 1. The number of hydrazone groups is 1. The highest BCUT2D eigenvalue weighted by Gasteiger charge is 2.10. The van der Waals surface area contributed by atoms with Gasteiger partial charge in [-0.15, -0.1) is 0 Å². The third-order valence-electron chi connectivity index (χ3n) is 5.36. The number of carbonyl (C=O) groups is 1. The molecule has 0 radical (unpaired) electrons. The number of rotatable bonds is 8. The lowest BCUT2D eigenvalue weighted by Gasteiger charge is -2.09. The van der Waals surface area contributed by atoms with Gasteiger partial charge in [0.2, 0.25) is 5.91 Å². The van der Waals surface area contributed by atoms with E-state index in [1.165, 1.54) is 0 Å². The van der Waals surface area contributed by atoms with Crippen molar-refractivity contribution in [2.75, 3.05) is 14.2 Å². The number of hydrogen-bond donors (Lipinski definition) is 1. The molecule has 1 N–H and O–H groups in total. The van der Waals surface area contributed by atoms with E-state index in [-0.39, 0.29) is 12.3 Å². The molecule has 0 aliphatic heterocycles. The molecule has 1 amide bonds. The van der Waals surface area contributed by atoms with Crippen molar-refractivity contribution >= 4 is 46.2 Å². The van der Waals surface area contributed by atoms with Crippen LogP contribution in [-0.4, -0.2) is 30.9 Å². The molecule has 3 aromatic carbocycles. The molecule has 0 bridgehead atoms. The fourth-order valence-corrected chi connectivity index (χ4v) is 4.05. The Labute approximate surface area is 207 Å². The van der Waals surface area contributed by atoms with Gasteiger partial charge in [-0.1, -0.05) is 53.5 Å². The van der Waals surface area contributed by atoms with Crippen LogP contribution in [0.5, 0.6) is 11.5 Å². The zero-order valence-corrected chi connectivity index (χ0v) is 20.2. The van der Waals surface area contributed by atoms with Gasteiger partial charge in [-0.2, -0.15) is 5.10 Å². The lowest BCUT2D eigenvalue weighted by atomic mass is 10.1. The molecule has 0 saturated carbocycles. The van der Waals surface area contributed by atoms with Crippen molar-refractivity contribution in [3.63, 3.8) is 0 Å². The van der Waals surface area contributed by atoms with E-state index in [0.29, 0.717) is 28.1 Å². The molecule has 34 heavy (non-hydrogen) atoms. The Balaban J connectivity index is 1.48. The quantitative estimate of drug-likeness (QED) is 0.251. The minimum absolute atomic E-state index is 0.163. The summed E-state index contributed by atoms with van der Waals surface area (Å²) in [5, 5.41) is 6.26. The van der Waals surface area contributed by atoms with Crippen LogP contribution in [0, 0.1) is 0 Å². The van der Waals surface area contributed by atoms with Crippen LogP contribution in [0.25, 0.3) is 10.9 Å². The van der Waals surface area contributed by atoms with Crippen molar-refractivity contribution in [2.24, 2.45) is 5.10 Å². The van der Waals surface area contributed by atoms with Gasteiger partial charge in [-0.25, -0.2) is 5.43 Å². The number of hydrogen-bond acceptors (Lipinski definition) is 4. The summed E-state index contributed by atoms with van der Waals surface area (Å²) in [5.74, 6) is 0.955. The molecule has 0 fully saturated rings. The van der Waals surface area contributed by atoms with E-state index in [1.807, 2.05) is 48.7 Å². The van der Waals surface area contributed by atoms with E-state index in [9.17, 15) is 4.79 Å². The Hall–Kier alpha value is -3.48. The number of benzene rings is 3. The molecule has 1 aromatic heterocycles. The van der Waals surface area contributed by atoms with Crippen molar-refractivity contribution < 1.29 is 14.3 Å². The number of para-hydroxylation sites is 1. The first kappa shape index (κ1) is 23.7. The molecule has 0 aliphatic carbocycles. The monoisotopic (exact) mass is 495 g/mol. The maximum Gasteiger partial charge on any atom is 0.244 e. The summed E-state index contributed by atoms with van der Waals surface area (Å²) in [6.45, 7) is 0.622. The number of ether oxygens (including phenoxy) is 2. The van der Waals surface area contributed by atoms with Crippen LogP contribution in [0.4, 0.5) is 0 Å². The second-order valence-electron chi connectivity index (χ2n) is 7.64. The fraction of sp³-hybridized carbons (Fsp3) is 0.154. The molecular formula is C26H23Cl2N3O3. The molecule has 4 rings (SSSR count). The Morgan fingerprint density at radius 2 is 1.74 bits per heavy atom. The summed E-state index contributed by atoms with van der Waals surface area (Å²) in [6.07, 6.45) is 3.81. The summed E-state index contributed by atoms with van der Waals surface area (Å²) in [7, 11) is 3.13. The van der Waals surface area contributed by atoms with Crippen LogP contribution < -0.4 is 14.9 Å². The Bertz CT molecular complexity index is 1360. The summed E-state index contributed by atoms with van der Waals surface area (Å²) in [6, 6.07) is 19.0. The lowest BCUT2D eigenvalue weighted by Crippen LogP contribution is -2.19. The Morgan fingerprint density at radius 1 is 0.971 bits per heavy atom. The van der Waals surface area contributed by atoms with Crippen LogP contribution in [0.3, 0.4) is 0 Å². The first-order valence-corrected chi connectivity index (χ1v) is 11.3. The van der Waals surface area contributed by atoms with Gasteiger partial charge in [0.1, 0.15) is 0 Å². The summed E-state index contributed by atoms with van der Waals surface area (Å²) >= 11 is 12.2. The van der Waals surface area contributed by atoms with Gasteiger partial charge in [-0.05, 0) is 41.5 Å². The topological polar surface area (TPSA) is 64.8 Å². The minimum Gasteiger partial charge on any atom is -0.493 e. The molecule has 1 heterocycles. The van der Waals surface area contributed by atoms with E-state index >= 15 is 0 Å². The van der Waals surface area contributed by atoms with Crippen molar-refractivity contribution in [1.29, 1.82) is 0 Å². The third-order valence-corrected chi connectivity index (χ3v) is 6.10. The predicted octanol–water partition coefficient (Wildman–Crippen LogP) is 5.71. The first-order chi connectivity index (χ1) is 16.5. The maximum atomic E-state index is 12.4. The van der Waals surface area contributed by atoms with Crippen LogP contribution in [0.2, 0.25) is 10.0 Å². The number of fused-ring (bicyclic) bond motifs is 1. The highest BCUT2D eigenvalue weighted by molar-refractivity contribution is 6.42. The highest BCUT2D eigenvalue weighted by Crippen LogP contribution is 2.28. The number of nitrogens with zero attached hydrogens (tertiary/aromatic N) is 2. The molecule has 0 atom stereocenters. The number of nitrogens with one attached hydrogen (secondary N) is 1. The third kappa shape index (κ3) is 5.35. The number of halogens is 2. The average Bonchev–Trinajstić information content (AvgIpc) is 3.18. The SMILES string of the molecule is COc1ccc(CC(=O)N/N=C\c2cn(Cc3ccc(Cl)c(Cl)c3)c3ccccc23)cc1OC. The van der Waals surface area contributed by atoms with Gasteiger partial charge in [0.15, 0.2) is 11.5 Å². The molecule has 0 aliphatic rings. The normalized spacial score (nSPS) is 11.2. The number of amides is 1. The number of methoxy groups -OCH3 is 2. The number of aromatic nitrogens is 1. The molecule has 0 saturated heterocycles. The predicted molar refractivity (Wildman–Crippen MR) is 136 cm³/mol. The summed E-state index contributed by atoms with van der Waals surface area (Å²) < 4.78 is 12.6. The highest BCUT2D eigenvalue weighted by atomic mass is 35.5.